The molecule has 0 saturated carbocycles. The van der Waals surface area contributed by atoms with Crippen LogP contribution >= 0.6 is 10.8 Å². The highest BCUT2D eigenvalue weighted by atomic mass is 33.1. The van der Waals surface area contributed by atoms with E-state index in [0.717, 1.165) is 12.2 Å². The molecule has 1 aromatic rings. The van der Waals surface area contributed by atoms with Crippen molar-refractivity contribution in [2.24, 2.45) is 0 Å². The van der Waals surface area contributed by atoms with Crippen molar-refractivity contribution in [2.75, 3.05) is 23.7 Å². The molecule has 0 aliphatic rings. The molecule has 90 valence electrons. The quantitative estimate of drug-likeness (QED) is 0.627. The summed E-state index contributed by atoms with van der Waals surface area (Å²) in [7, 11) is -3.36. The number of hydrogen-bond acceptors (Lipinski definition) is 4. The van der Waals surface area contributed by atoms with Gasteiger partial charge in [0.2, 0.25) is 0 Å². The van der Waals surface area contributed by atoms with Crippen molar-refractivity contribution >= 4 is 25.6 Å². The Morgan fingerprint density at radius 3 is 2.44 bits per heavy atom. The zero-order valence-electron chi connectivity index (χ0n) is 9.04. The first-order chi connectivity index (χ1) is 7.53. The highest BCUT2D eigenvalue weighted by Crippen LogP contribution is 2.15. The van der Waals surface area contributed by atoms with Crippen molar-refractivity contribution in [3.63, 3.8) is 0 Å². The van der Waals surface area contributed by atoms with Crippen LogP contribution in [0.5, 0.6) is 0 Å². The Balaban J connectivity index is 2.51. The van der Waals surface area contributed by atoms with Crippen LogP contribution in [0.15, 0.2) is 30.3 Å². The molecule has 0 fully saturated rings. The molecule has 6 heteroatoms. The topological polar surface area (TPSA) is 57.6 Å². The molecule has 0 radical (unpaired) electrons. The molecule has 0 atom stereocenters. The first kappa shape index (κ1) is 13.3. The van der Waals surface area contributed by atoms with Crippen molar-refractivity contribution in [1.82, 2.24) is 0 Å². The summed E-state index contributed by atoms with van der Waals surface area (Å²) >= 11 is 0. The van der Waals surface area contributed by atoms with Gasteiger partial charge in [-0.1, -0.05) is 18.2 Å². The summed E-state index contributed by atoms with van der Waals surface area (Å²) in [6.07, 6.45) is 0. The SMILES string of the molecule is CCN(CCSS(=O)(=O)O)c1ccccc1. The van der Waals surface area contributed by atoms with Crippen LogP contribution in [-0.2, 0) is 9.15 Å². The fraction of sp³-hybridized carbons (Fsp3) is 0.400. The Bertz CT molecular complexity index is 405. The largest absolute Gasteiger partial charge is 0.371 e. The van der Waals surface area contributed by atoms with Crippen LogP contribution in [0.2, 0.25) is 0 Å². The van der Waals surface area contributed by atoms with Gasteiger partial charge in [-0.2, -0.15) is 8.42 Å². The van der Waals surface area contributed by atoms with Gasteiger partial charge in [0, 0.05) is 24.5 Å². The van der Waals surface area contributed by atoms with E-state index >= 15 is 0 Å². The van der Waals surface area contributed by atoms with Gasteiger partial charge in [0.1, 0.15) is 0 Å². The fourth-order valence-electron chi connectivity index (χ4n) is 1.36. The van der Waals surface area contributed by atoms with Crippen molar-refractivity contribution in [1.29, 1.82) is 0 Å². The average Bonchev–Trinajstić information content (AvgIpc) is 2.24. The van der Waals surface area contributed by atoms with E-state index in [-0.39, 0.29) is 0 Å². The molecule has 0 aliphatic carbocycles. The molecule has 0 aliphatic heterocycles. The molecule has 0 aromatic heterocycles. The summed E-state index contributed by atoms with van der Waals surface area (Å²) in [5, 5.41) is 0. The maximum Gasteiger partial charge on any atom is 0.319 e. The lowest BCUT2D eigenvalue weighted by atomic mass is 10.3. The molecule has 0 amide bonds. The first-order valence-corrected chi connectivity index (χ1v) is 7.89. The molecule has 0 spiro atoms. The minimum Gasteiger partial charge on any atom is -0.371 e. The molecule has 1 N–H and O–H groups in total. The third-order valence-corrected chi connectivity index (χ3v) is 4.14. The lowest BCUT2D eigenvalue weighted by Crippen LogP contribution is -2.25. The predicted molar refractivity (Wildman–Crippen MR) is 68.3 cm³/mol. The van der Waals surface area contributed by atoms with Crippen molar-refractivity contribution in [3.05, 3.63) is 30.3 Å². The second-order valence-electron chi connectivity index (χ2n) is 3.16. The van der Waals surface area contributed by atoms with Crippen LogP contribution in [0, 0.1) is 0 Å². The highest BCUT2D eigenvalue weighted by molar-refractivity contribution is 8.69. The molecule has 0 heterocycles. The zero-order chi connectivity index (χ0) is 12.0. The monoisotopic (exact) mass is 261 g/mol. The van der Waals surface area contributed by atoms with Gasteiger partial charge < -0.3 is 4.90 Å². The van der Waals surface area contributed by atoms with Crippen LogP contribution in [0.4, 0.5) is 5.69 Å². The Morgan fingerprint density at radius 2 is 1.94 bits per heavy atom. The highest BCUT2D eigenvalue weighted by Gasteiger charge is 2.08. The number of hydrogen-bond donors (Lipinski definition) is 1. The van der Waals surface area contributed by atoms with Crippen LogP contribution in [0.1, 0.15) is 6.92 Å². The lowest BCUT2D eigenvalue weighted by molar-refractivity contribution is 0.503. The van der Waals surface area contributed by atoms with E-state index in [0.29, 0.717) is 23.1 Å². The van der Waals surface area contributed by atoms with E-state index in [9.17, 15) is 8.42 Å². The van der Waals surface area contributed by atoms with Crippen molar-refractivity contribution < 1.29 is 13.0 Å². The first-order valence-electron chi connectivity index (χ1n) is 4.95. The lowest BCUT2D eigenvalue weighted by Gasteiger charge is -2.22. The number of nitrogens with zero attached hydrogens (tertiary/aromatic N) is 1. The zero-order valence-corrected chi connectivity index (χ0v) is 10.7. The van der Waals surface area contributed by atoms with Crippen LogP contribution in [-0.4, -0.2) is 31.8 Å². The summed E-state index contributed by atoms with van der Waals surface area (Å²) in [6.45, 7) is 3.39. The molecular formula is C10H15NO3S2. The normalized spacial score (nSPS) is 11.4. The Kier molecular flexibility index (Phi) is 5.11. The summed E-state index contributed by atoms with van der Waals surface area (Å²) in [4.78, 5) is 2.05. The molecule has 0 bridgehead atoms. The number of anilines is 1. The van der Waals surface area contributed by atoms with E-state index in [4.69, 9.17) is 4.55 Å². The summed E-state index contributed by atoms with van der Waals surface area (Å²) in [6, 6.07) is 9.76. The third kappa shape index (κ3) is 4.87. The molecule has 4 nitrogen and oxygen atoms in total. The molecule has 0 saturated heterocycles. The molecule has 1 aromatic carbocycles. The van der Waals surface area contributed by atoms with Gasteiger partial charge in [0.05, 0.1) is 0 Å². The maximum absolute atomic E-state index is 10.5. The van der Waals surface area contributed by atoms with Gasteiger partial charge in [0.15, 0.2) is 0 Å². The summed E-state index contributed by atoms with van der Waals surface area (Å²) in [5.41, 5.74) is 1.06. The number of rotatable bonds is 6. The average molecular weight is 261 g/mol. The summed E-state index contributed by atoms with van der Waals surface area (Å²) < 4.78 is 29.7. The van der Waals surface area contributed by atoms with Crippen LogP contribution in [0.25, 0.3) is 0 Å². The smallest absolute Gasteiger partial charge is 0.319 e. The van der Waals surface area contributed by atoms with E-state index < -0.39 is 9.15 Å². The van der Waals surface area contributed by atoms with Gasteiger partial charge in [-0.25, -0.2) is 0 Å². The predicted octanol–water partition coefficient (Wildman–Crippen LogP) is 2.05. The van der Waals surface area contributed by atoms with Gasteiger partial charge in [-0.05, 0) is 29.9 Å². The van der Waals surface area contributed by atoms with Gasteiger partial charge in [-0.3, -0.25) is 4.55 Å². The molecule has 16 heavy (non-hydrogen) atoms. The van der Waals surface area contributed by atoms with Crippen LogP contribution < -0.4 is 4.90 Å². The number of benzene rings is 1. The third-order valence-electron chi connectivity index (χ3n) is 2.10. The van der Waals surface area contributed by atoms with Gasteiger partial charge >= 0.3 is 9.15 Å². The Morgan fingerprint density at radius 1 is 1.31 bits per heavy atom. The Labute approximate surface area is 99.8 Å². The Hall–Kier alpha value is -0.720. The van der Waals surface area contributed by atoms with Crippen molar-refractivity contribution in [2.45, 2.75) is 6.92 Å². The number of para-hydroxylation sites is 1. The minimum absolute atomic E-state index is 0.349. The van der Waals surface area contributed by atoms with Crippen molar-refractivity contribution in [3.8, 4) is 0 Å². The summed E-state index contributed by atoms with van der Waals surface area (Å²) in [5.74, 6) is 0.349. The van der Waals surface area contributed by atoms with E-state index in [1.54, 1.807) is 0 Å². The van der Waals surface area contributed by atoms with Gasteiger partial charge in [0.25, 0.3) is 0 Å². The minimum atomic E-state index is -3.92. The molecule has 0 unspecified atom stereocenters. The molecule has 1 rings (SSSR count). The van der Waals surface area contributed by atoms with Crippen LogP contribution in [0.3, 0.4) is 0 Å². The second kappa shape index (κ2) is 6.12. The second-order valence-corrected chi connectivity index (χ2v) is 6.64. The van der Waals surface area contributed by atoms with Gasteiger partial charge in [-0.15, -0.1) is 0 Å². The molecular weight excluding hydrogens is 246 g/mol. The van der Waals surface area contributed by atoms with E-state index in [1.807, 2.05) is 37.3 Å². The standard InChI is InChI=1S/C10H15NO3S2/c1-2-11(8-9-15-16(12,13)14)10-6-4-3-5-7-10/h3-7H,2,8-9H2,1H3,(H,12,13,14). The van der Waals surface area contributed by atoms with E-state index in [1.165, 1.54) is 0 Å². The maximum atomic E-state index is 10.5. The fourth-order valence-corrected chi connectivity index (χ4v) is 2.72. The van der Waals surface area contributed by atoms with E-state index in [2.05, 4.69) is 4.90 Å².